The molecule has 7 nitrogen and oxygen atoms in total. The number of phenols is 1. The van der Waals surface area contributed by atoms with Crippen molar-refractivity contribution in [1.29, 1.82) is 0 Å². The number of carbonyl (C=O) groups excluding carboxylic acids is 1. The zero-order chi connectivity index (χ0) is 16.8. The van der Waals surface area contributed by atoms with Gasteiger partial charge in [0.25, 0.3) is 0 Å². The van der Waals surface area contributed by atoms with Gasteiger partial charge in [0.15, 0.2) is 11.5 Å². The normalized spacial score (nSPS) is 10.9. The topological polar surface area (TPSA) is 88.7 Å². The van der Waals surface area contributed by atoms with Crippen molar-refractivity contribution in [3.8, 4) is 11.5 Å². The number of hydrazone groups is 1. The minimum absolute atomic E-state index is 0.0207. The number of rotatable bonds is 6. The molecule has 1 aromatic carbocycles. The number of aromatic hydroxyl groups is 1. The Balaban J connectivity index is 1.84. The molecule has 0 atom stereocenters. The number of aryl methyl sites for hydroxylation is 3. The first kappa shape index (κ1) is 16.5. The van der Waals surface area contributed by atoms with Crippen molar-refractivity contribution in [2.75, 3.05) is 7.11 Å². The highest BCUT2D eigenvalue weighted by Crippen LogP contribution is 2.25. The van der Waals surface area contributed by atoms with Gasteiger partial charge in [-0.05, 0) is 43.7 Å². The number of phenolic OH excluding ortho intramolecular Hbond substituents is 1. The van der Waals surface area contributed by atoms with Gasteiger partial charge in [-0.2, -0.15) is 10.2 Å². The predicted octanol–water partition coefficient (Wildman–Crippen LogP) is 1.75. The lowest BCUT2D eigenvalue weighted by atomic mass is 10.2. The summed E-state index contributed by atoms with van der Waals surface area (Å²) in [5.74, 6) is 0.204. The van der Waals surface area contributed by atoms with E-state index >= 15 is 0 Å². The number of amides is 1. The smallest absolute Gasteiger partial charge is 0.241 e. The maximum absolute atomic E-state index is 11.8. The number of hydrogen-bond acceptors (Lipinski definition) is 5. The fraction of sp³-hybridized carbons (Fsp3) is 0.312. The molecule has 0 aliphatic heterocycles. The summed E-state index contributed by atoms with van der Waals surface area (Å²) in [5.41, 5.74) is 5.06. The van der Waals surface area contributed by atoms with Gasteiger partial charge < -0.3 is 9.84 Å². The van der Waals surface area contributed by atoms with Gasteiger partial charge in [0.05, 0.1) is 25.6 Å². The summed E-state index contributed by atoms with van der Waals surface area (Å²) < 4.78 is 6.75. The van der Waals surface area contributed by atoms with Crippen LogP contribution in [0.4, 0.5) is 0 Å². The second-order valence-corrected chi connectivity index (χ2v) is 5.12. The van der Waals surface area contributed by atoms with E-state index < -0.39 is 0 Å². The van der Waals surface area contributed by atoms with Crippen LogP contribution in [0, 0.1) is 13.8 Å². The fourth-order valence-corrected chi connectivity index (χ4v) is 2.13. The molecule has 1 aromatic heterocycles. The fourth-order valence-electron chi connectivity index (χ4n) is 2.13. The highest BCUT2D eigenvalue weighted by atomic mass is 16.5. The Labute approximate surface area is 134 Å². The lowest BCUT2D eigenvalue weighted by molar-refractivity contribution is -0.121. The standard InChI is InChI=1S/C16H20N4O3/c1-11-8-12(2)20(19-11)7-6-16(22)18-17-10-13-4-5-15(23-3)14(21)9-13/h4-5,8-10,21H,6-7H2,1-3H3,(H,18,22)/b17-10-. The molecule has 2 N–H and O–H groups in total. The summed E-state index contributed by atoms with van der Waals surface area (Å²) in [7, 11) is 1.48. The number of nitrogens with zero attached hydrogens (tertiary/aromatic N) is 3. The van der Waals surface area contributed by atoms with Gasteiger partial charge in [0, 0.05) is 12.1 Å². The van der Waals surface area contributed by atoms with E-state index in [1.54, 1.807) is 16.8 Å². The van der Waals surface area contributed by atoms with Crippen molar-refractivity contribution < 1.29 is 14.6 Å². The van der Waals surface area contributed by atoms with Gasteiger partial charge in [0.1, 0.15) is 0 Å². The molecule has 0 bridgehead atoms. The van der Waals surface area contributed by atoms with Gasteiger partial charge in [-0.15, -0.1) is 0 Å². The third-order valence-electron chi connectivity index (χ3n) is 3.26. The maximum Gasteiger partial charge on any atom is 0.241 e. The summed E-state index contributed by atoms with van der Waals surface area (Å²) in [4.78, 5) is 11.8. The molecule has 0 saturated heterocycles. The van der Waals surface area contributed by atoms with Crippen molar-refractivity contribution in [1.82, 2.24) is 15.2 Å². The van der Waals surface area contributed by atoms with E-state index in [0.29, 0.717) is 17.9 Å². The van der Waals surface area contributed by atoms with Crippen molar-refractivity contribution in [3.05, 3.63) is 41.2 Å². The molecule has 0 unspecified atom stereocenters. The summed E-state index contributed by atoms with van der Waals surface area (Å²) in [6, 6.07) is 6.82. The predicted molar refractivity (Wildman–Crippen MR) is 86.7 cm³/mol. The van der Waals surface area contributed by atoms with Crippen LogP contribution in [-0.2, 0) is 11.3 Å². The van der Waals surface area contributed by atoms with Crippen LogP contribution in [0.3, 0.4) is 0 Å². The van der Waals surface area contributed by atoms with Crippen LogP contribution in [0.1, 0.15) is 23.4 Å². The van der Waals surface area contributed by atoms with Crippen LogP contribution in [-0.4, -0.2) is 34.1 Å². The molecule has 0 spiro atoms. The van der Waals surface area contributed by atoms with Crippen LogP contribution in [0.15, 0.2) is 29.4 Å². The SMILES string of the molecule is COc1ccc(/C=N\NC(=O)CCn2nc(C)cc2C)cc1O. The van der Waals surface area contributed by atoms with E-state index in [4.69, 9.17) is 4.74 Å². The molecule has 1 heterocycles. The van der Waals surface area contributed by atoms with Crippen LogP contribution in [0.5, 0.6) is 11.5 Å². The summed E-state index contributed by atoms with van der Waals surface area (Å²) in [6.45, 7) is 4.37. The lowest BCUT2D eigenvalue weighted by Gasteiger charge is -2.04. The Morgan fingerprint density at radius 2 is 2.22 bits per heavy atom. The summed E-state index contributed by atoms with van der Waals surface area (Å²) in [5, 5.41) is 17.8. The Morgan fingerprint density at radius 3 is 2.83 bits per heavy atom. The van der Waals surface area contributed by atoms with E-state index in [9.17, 15) is 9.90 Å². The molecule has 0 radical (unpaired) electrons. The largest absolute Gasteiger partial charge is 0.504 e. The molecule has 0 fully saturated rings. The highest BCUT2D eigenvalue weighted by molar-refractivity contribution is 5.83. The lowest BCUT2D eigenvalue weighted by Crippen LogP contribution is -2.20. The monoisotopic (exact) mass is 316 g/mol. The van der Waals surface area contributed by atoms with Crippen LogP contribution >= 0.6 is 0 Å². The van der Waals surface area contributed by atoms with Crippen molar-refractivity contribution in [3.63, 3.8) is 0 Å². The Hall–Kier alpha value is -2.83. The molecule has 122 valence electrons. The molecule has 0 saturated carbocycles. The number of benzene rings is 1. The van der Waals surface area contributed by atoms with Gasteiger partial charge in [0.2, 0.25) is 5.91 Å². The third kappa shape index (κ3) is 4.57. The molecule has 23 heavy (non-hydrogen) atoms. The zero-order valence-electron chi connectivity index (χ0n) is 13.4. The van der Waals surface area contributed by atoms with E-state index in [0.717, 1.165) is 11.4 Å². The second-order valence-electron chi connectivity index (χ2n) is 5.12. The van der Waals surface area contributed by atoms with Crippen LogP contribution in [0.2, 0.25) is 0 Å². The van der Waals surface area contributed by atoms with E-state index in [1.165, 1.54) is 19.4 Å². The molecule has 2 aromatic rings. The number of methoxy groups -OCH3 is 1. The van der Waals surface area contributed by atoms with Gasteiger partial charge >= 0.3 is 0 Å². The number of aromatic nitrogens is 2. The van der Waals surface area contributed by atoms with Gasteiger partial charge in [-0.3, -0.25) is 9.48 Å². The van der Waals surface area contributed by atoms with Crippen molar-refractivity contribution >= 4 is 12.1 Å². The first-order chi connectivity index (χ1) is 11.0. The minimum atomic E-state index is -0.202. The number of nitrogens with one attached hydrogen (secondary N) is 1. The average Bonchev–Trinajstić information content (AvgIpc) is 2.83. The quantitative estimate of drug-likeness (QED) is 0.628. The van der Waals surface area contributed by atoms with Crippen molar-refractivity contribution in [2.45, 2.75) is 26.8 Å². The Kier molecular flexibility index (Phi) is 5.35. The third-order valence-corrected chi connectivity index (χ3v) is 3.26. The molecule has 0 aliphatic rings. The summed E-state index contributed by atoms with van der Waals surface area (Å²) in [6.07, 6.45) is 1.74. The Bertz CT molecular complexity index is 722. The average molecular weight is 316 g/mol. The van der Waals surface area contributed by atoms with Crippen LogP contribution < -0.4 is 10.2 Å². The molecule has 0 aliphatic carbocycles. The molecule has 1 amide bonds. The van der Waals surface area contributed by atoms with Crippen molar-refractivity contribution in [2.24, 2.45) is 5.10 Å². The first-order valence-electron chi connectivity index (χ1n) is 7.19. The molecular formula is C16H20N4O3. The van der Waals surface area contributed by atoms with Gasteiger partial charge in [-0.1, -0.05) is 0 Å². The Morgan fingerprint density at radius 1 is 1.43 bits per heavy atom. The zero-order valence-corrected chi connectivity index (χ0v) is 13.4. The van der Waals surface area contributed by atoms with E-state index in [-0.39, 0.29) is 18.1 Å². The number of hydrogen-bond donors (Lipinski definition) is 2. The molecular weight excluding hydrogens is 296 g/mol. The second kappa shape index (κ2) is 7.44. The minimum Gasteiger partial charge on any atom is -0.504 e. The van der Waals surface area contributed by atoms with E-state index in [2.05, 4.69) is 15.6 Å². The highest BCUT2D eigenvalue weighted by Gasteiger charge is 2.05. The van der Waals surface area contributed by atoms with E-state index in [1.807, 2.05) is 19.9 Å². The first-order valence-corrected chi connectivity index (χ1v) is 7.19. The number of ether oxygens (including phenoxy) is 1. The van der Waals surface area contributed by atoms with Crippen LogP contribution in [0.25, 0.3) is 0 Å². The molecule has 2 rings (SSSR count). The molecule has 7 heteroatoms. The summed E-state index contributed by atoms with van der Waals surface area (Å²) >= 11 is 0. The number of carbonyl (C=O) groups is 1. The van der Waals surface area contributed by atoms with Gasteiger partial charge in [-0.25, -0.2) is 5.43 Å². The maximum atomic E-state index is 11.8.